The Hall–Kier alpha value is -0.570. The summed E-state index contributed by atoms with van der Waals surface area (Å²) in [5.41, 5.74) is 5.22. The van der Waals surface area contributed by atoms with E-state index >= 15 is 0 Å². The molecule has 0 aromatic carbocycles. The molecule has 0 amide bonds. The molecule has 2 nitrogen and oxygen atoms in total. The molecule has 0 aliphatic carbocycles. The second kappa shape index (κ2) is 4.32. The summed E-state index contributed by atoms with van der Waals surface area (Å²) in [5, 5.41) is 3.21. The summed E-state index contributed by atoms with van der Waals surface area (Å²) in [4.78, 5) is 0. The van der Waals surface area contributed by atoms with Gasteiger partial charge in [-0.3, -0.25) is 0 Å². The van der Waals surface area contributed by atoms with Gasteiger partial charge in [-0.15, -0.1) is 6.58 Å². The van der Waals surface area contributed by atoms with E-state index in [9.17, 15) is 0 Å². The summed E-state index contributed by atoms with van der Waals surface area (Å²) in [6, 6.07) is 0.225. The Labute approximate surface area is 61.1 Å². The van der Waals surface area contributed by atoms with Gasteiger partial charge in [0, 0.05) is 6.04 Å². The van der Waals surface area contributed by atoms with Crippen molar-refractivity contribution >= 4 is 17.3 Å². The van der Waals surface area contributed by atoms with E-state index in [1.807, 2.05) is 6.92 Å². The minimum Gasteiger partial charge on any atom is -0.376 e. The molecule has 0 saturated carbocycles. The lowest BCUT2D eigenvalue weighted by Crippen LogP contribution is -2.36. The fraction of sp³-hybridized carbons (Fsp3) is 0.500. The van der Waals surface area contributed by atoms with E-state index in [4.69, 9.17) is 5.73 Å². The maximum absolute atomic E-state index is 5.22. The quantitative estimate of drug-likeness (QED) is 0.454. The Balaban J connectivity index is 3.55. The minimum atomic E-state index is 0.225. The van der Waals surface area contributed by atoms with Gasteiger partial charge in [-0.2, -0.15) is 0 Å². The Morgan fingerprint density at radius 1 is 2.00 bits per heavy atom. The Kier molecular flexibility index (Phi) is 4.05. The van der Waals surface area contributed by atoms with Crippen LogP contribution in [0.2, 0.25) is 0 Å². The topological polar surface area (TPSA) is 38.0 Å². The molecule has 0 radical (unpaired) electrons. The summed E-state index contributed by atoms with van der Waals surface area (Å²) in [6.45, 7) is 5.65. The highest BCUT2D eigenvalue weighted by atomic mass is 32.1. The van der Waals surface area contributed by atoms with E-state index in [1.165, 1.54) is 0 Å². The van der Waals surface area contributed by atoms with Crippen molar-refractivity contribution in [1.29, 1.82) is 0 Å². The fourth-order valence-corrected chi connectivity index (χ4v) is 0.662. The van der Waals surface area contributed by atoms with E-state index in [-0.39, 0.29) is 6.04 Å². The maximum atomic E-state index is 5.22. The first kappa shape index (κ1) is 8.43. The number of rotatable bonds is 3. The smallest absolute Gasteiger partial charge is 0.164 e. The Bertz CT molecular complexity index is 112. The average Bonchev–Trinajstić information content (AvgIpc) is 1.82. The molecule has 1 atom stereocenters. The van der Waals surface area contributed by atoms with Crippen molar-refractivity contribution in [2.24, 2.45) is 5.73 Å². The van der Waals surface area contributed by atoms with Gasteiger partial charge in [0.05, 0.1) is 0 Å². The molecule has 0 heterocycles. The van der Waals surface area contributed by atoms with Crippen molar-refractivity contribution in [3.8, 4) is 0 Å². The molecule has 0 aromatic rings. The van der Waals surface area contributed by atoms with Crippen LogP contribution in [0.4, 0.5) is 0 Å². The van der Waals surface area contributed by atoms with Crippen molar-refractivity contribution in [1.82, 2.24) is 5.32 Å². The Morgan fingerprint density at radius 2 is 2.56 bits per heavy atom. The Morgan fingerprint density at radius 3 is 2.67 bits per heavy atom. The largest absolute Gasteiger partial charge is 0.376 e. The summed E-state index contributed by atoms with van der Waals surface area (Å²) < 4.78 is 0. The summed E-state index contributed by atoms with van der Waals surface area (Å²) >= 11 is 4.62. The van der Waals surface area contributed by atoms with E-state index in [0.29, 0.717) is 5.11 Å². The molecule has 0 saturated heterocycles. The van der Waals surface area contributed by atoms with E-state index < -0.39 is 0 Å². The number of hydrogen-bond donors (Lipinski definition) is 2. The maximum Gasteiger partial charge on any atom is 0.164 e. The molecule has 3 heteroatoms. The second-order valence-corrected chi connectivity index (χ2v) is 2.20. The standard InChI is InChI=1S/C6H12N2S/c1-3-5(4-2)8-6(7)9/h3,5H,1,4H2,2H3,(H3,7,8,9). The van der Waals surface area contributed by atoms with E-state index in [0.717, 1.165) is 6.42 Å². The highest BCUT2D eigenvalue weighted by molar-refractivity contribution is 7.80. The monoisotopic (exact) mass is 144 g/mol. The van der Waals surface area contributed by atoms with Crippen molar-refractivity contribution in [3.05, 3.63) is 12.7 Å². The third-order valence-electron chi connectivity index (χ3n) is 1.05. The van der Waals surface area contributed by atoms with E-state index in [1.54, 1.807) is 6.08 Å². The van der Waals surface area contributed by atoms with Gasteiger partial charge in [-0.25, -0.2) is 0 Å². The van der Waals surface area contributed by atoms with Gasteiger partial charge >= 0.3 is 0 Å². The van der Waals surface area contributed by atoms with Gasteiger partial charge in [0.2, 0.25) is 0 Å². The fourth-order valence-electron chi connectivity index (χ4n) is 0.510. The predicted octanol–water partition coefficient (Wildman–Crippen LogP) is 0.784. The number of thiocarbonyl (C=S) groups is 1. The van der Waals surface area contributed by atoms with Crippen LogP contribution in [0.5, 0.6) is 0 Å². The minimum absolute atomic E-state index is 0.225. The molecule has 0 fully saturated rings. The zero-order valence-corrected chi connectivity index (χ0v) is 6.37. The number of nitrogens with one attached hydrogen (secondary N) is 1. The summed E-state index contributed by atoms with van der Waals surface area (Å²) in [7, 11) is 0. The second-order valence-electron chi connectivity index (χ2n) is 1.76. The lowest BCUT2D eigenvalue weighted by atomic mass is 10.2. The SMILES string of the molecule is C=CC(CC)NC(N)=S. The van der Waals surface area contributed by atoms with Crippen LogP contribution in [0.25, 0.3) is 0 Å². The van der Waals surface area contributed by atoms with Crippen molar-refractivity contribution in [2.75, 3.05) is 0 Å². The van der Waals surface area contributed by atoms with Crippen molar-refractivity contribution in [2.45, 2.75) is 19.4 Å². The van der Waals surface area contributed by atoms with Crippen LogP contribution >= 0.6 is 12.2 Å². The molecule has 0 aliphatic rings. The first-order valence-corrected chi connectivity index (χ1v) is 3.30. The molecule has 0 aromatic heterocycles. The third-order valence-corrected chi connectivity index (χ3v) is 1.17. The third kappa shape index (κ3) is 3.97. The molecule has 3 N–H and O–H groups in total. The van der Waals surface area contributed by atoms with Gasteiger partial charge in [-0.05, 0) is 18.6 Å². The van der Waals surface area contributed by atoms with Crippen LogP contribution in [-0.4, -0.2) is 11.2 Å². The predicted molar refractivity (Wildman–Crippen MR) is 44.2 cm³/mol. The molecular formula is C6H12N2S. The van der Waals surface area contributed by atoms with Crippen molar-refractivity contribution < 1.29 is 0 Å². The van der Waals surface area contributed by atoms with Crippen LogP contribution in [-0.2, 0) is 0 Å². The van der Waals surface area contributed by atoms with Crippen molar-refractivity contribution in [3.63, 3.8) is 0 Å². The van der Waals surface area contributed by atoms with Gasteiger partial charge < -0.3 is 11.1 Å². The molecule has 0 spiro atoms. The van der Waals surface area contributed by atoms with Crippen LogP contribution in [0.1, 0.15) is 13.3 Å². The normalized spacial score (nSPS) is 12.1. The van der Waals surface area contributed by atoms with Gasteiger partial charge in [0.15, 0.2) is 5.11 Å². The molecule has 0 aliphatic heterocycles. The van der Waals surface area contributed by atoms with Gasteiger partial charge in [-0.1, -0.05) is 13.0 Å². The highest BCUT2D eigenvalue weighted by Gasteiger charge is 1.97. The zero-order valence-electron chi connectivity index (χ0n) is 5.55. The van der Waals surface area contributed by atoms with Crippen LogP contribution < -0.4 is 11.1 Å². The van der Waals surface area contributed by atoms with E-state index in [2.05, 4.69) is 24.1 Å². The van der Waals surface area contributed by atoms with Gasteiger partial charge in [0.1, 0.15) is 0 Å². The highest BCUT2D eigenvalue weighted by Crippen LogP contribution is 1.89. The van der Waals surface area contributed by atoms with Crippen LogP contribution in [0.3, 0.4) is 0 Å². The lowest BCUT2D eigenvalue weighted by molar-refractivity contribution is 0.706. The van der Waals surface area contributed by atoms with Crippen LogP contribution in [0.15, 0.2) is 12.7 Å². The molecule has 1 unspecified atom stereocenters. The summed E-state index contributed by atoms with van der Waals surface area (Å²) in [6.07, 6.45) is 2.75. The number of nitrogens with two attached hydrogens (primary N) is 1. The molecule has 9 heavy (non-hydrogen) atoms. The van der Waals surface area contributed by atoms with Crippen LogP contribution in [0, 0.1) is 0 Å². The molecular weight excluding hydrogens is 132 g/mol. The lowest BCUT2D eigenvalue weighted by Gasteiger charge is -2.10. The molecule has 0 bridgehead atoms. The van der Waals surface area contributed by atoms with Gasteiger partial charge in [0.25, 0.3) is 0 Å². The number of hydrogen-bond acceptors (Lipinski definition) is 1. The molecule has 0 rings (SSSR count). The zero-order chi connectivity index (χ0) is 7.28. The molecule has 52 valence electrons. The first-order chi connectivity index (χ1) is 4.20. The average molecular weight is 144 g/mol. The first-order valence-electron chi connectivity index (χ1n) is 2.89. The summed E-state index contributed by atoms with van der Waals surface area (Å²) in [5.74, 6) is 0.